The van der Waals surface area contributed by atoms with Gasteiger partial charge in [0.1, 0.15) is 12.4 Å². The lowest BCUT2D eigenvalue weighted by Gasteiger charge is -2.12. The minimum absolute atomic E-state index is 0.194. The highest BCUT2D eigenvalue weighted by Gasteiger charge is 2.15. The Labute approximate surface area is 147 Å². The summed E-state index contributed by atoms with van der Waals surface area (Å²) in [7, 11) is 0. The number of aromatic nitrogens is 1. The van der Waals surface area contributed by atoms with Crippen LogP contribution in [0.2, 0.25) is 0 Å². The summed E-state index contributed by atoms with van der Waals surface area (Å²) in [6.45, 7) is 2.23. The molecule has 1 atom stereocenters. The molecule has 1 aromatic carbocycles. The molecule has 6 nitrogen and oxygen atoms in total. The summed E-state index contributed by atoms with van der Waals surface area (Å²) in [6, 6.07) is 13.1. The van der Waals surface area contributed by atoms with Crippen LogP contribution in [0.1, 0.15) is 24.1 Å². The molecule has 0 aliphatic carbocycles. The average molecular weight is 341 g/mol. The zero-order valence-electron chi connectivity index (χ0n) is 14.1. The van der Waals surface area contributed by atoms with Gasteiger partial charge >= 0.3 is 6.03 Å². The Kier molecular flexibility index (Phi) is 6.23. The smallest absolute Gasteiger partial charge is 0.315 e. The van der Waals surface area contributed by atoms with E-state index in [2.05, 4.69) is 15.6 Å². The lowest BCUT2D eigenvalue weighted by atomic mass is 10.2. The average Bonchev–Trinajstić information content (AvgIpc) is 3.18. The van der Waals surface area contributed by atoms with Gasteiger partial charge in [-0.3, -0.25) is 4.98 Å². The van der Waals surface area contributed by atoms with E-state index < -0.39 is 0 Å². The van der Waals surface area contributed by atoms with Crippen molar-refractivity contribution in [1.29, 1.82) is 0 Å². The summed E-state index contributed by atoms with van der Waals surface area (Å²) < 4.78 is 11.3. The van der Waals surface area contributed by atoms with E-state index in [4.69, 9.17) is 9.47 Å². The summed E-state index contributed by atoms with van der Waals surface area (Å²) >= 11 is 0. The molecule has 1 fully saturated rings. The van der Waals surface area contributed by atoms with Crippen molar-refractivity contribution in [3.8, 4) is 5.75 Å². The Morgan fingerprint density at radius 1 is 1.20 bits per heavy atom. The van der Waals surface area contributed by atoms with E-state index in [9.17, 15) is 4.79 Å². The molecule has 0 saturated carbocycles. The second-order valence-electron chi connectivity index (χ2n) is 5.95. The normalized spacial score (nSPS) is 16.4. The maximum atomic E-state index is 11.9. The number of benzene rings is 1. The molecule has 1 saturated heterocycles. The molecule has 3 rings (SSSR count). The van der Waals surface area contributed by atoms with Crippen LogP contribution in [0.4, 0.5) is 4.79 Å². The lowest BCUT2D eigenvalue weighted by molar-refractivity contribution is 0.0679. The summed E-state index contributed by atoms with van der Waals surface area (Å²) in [5, 5.41) is 5.62. The predicted molar refractivity (Wildman–Crippen MR) is 94.2 cm³/mol. The van der Waals surface area contributed by atoms with Crippen LogP contribution in [0.15, 0.2) is 48.7 Å². The first-order chi connectivity index (χ1) is 12.3. The van der Waals surface area contributed by atoms with Crippen LogP contribution in [0.5, 0.6) is 5.75 Å². The van der Waals surface area contributed by atoms with E-state index in [0.29, 0.717) is 19.7 Å². The molecule has 0 bridgehead atoms. The number of ether oxygens (including phenoxy) is 2. The van der Waals surface area contributed by atoms with Gasteiger partial charge in [0.05, 0.1) is 18.3 Å². The number of urea groups is 1. The van der Waals surface area contributed by atoms with Crippen molar-refractivity contribution in [2.45, 2.75) is 32.0 Å². The van der Waals surface area contributed by atoms with E-state index >= 15 is 0 Å². The minimum atomic E-state index is -0.226. The van der Waals surface area contributed by atoms with E-state index in [-0.39, 0.29) is 12.1 Å². The maximum absolute atomic E-state index is 11.9. The topological polar surface area (TPSA) is 72.5 Å². The molecule has 132 valence electrons. The molecule has 25 heavy (non-hydrogen) atoms. The van der Waals surface area contributed by atoms with Crippen LogP contribution in [0.25, 0.3) is 0 Å². The molecule has 0 radical (unpaired) electrons. The zero-order valence-corrected chi connectivity index (χ0v) is 14.1. The van der Waals surface area contributed by atoms with Crippen LogP contribution in [-0.2, 0) is 17.8 Å². The number of rotatable bonds is 7. The summed E-state index contributed by atoms with van der Waals surface area (Å²) in [5.74, 6) is 0.795. The molecule has 6 heteroatoms. The molecule has 1 unspecified atom stereocenters. The quantitative estimate of drug-likeness (QED) is 0.812. The Morgan fingerprint density at radius 3 is 2.92 bits per heavy atom. The van der Waals surface area contributed by atoms with Gasteiger partial charge in [0.2, 0.25) is 0 Å². The third-order valence-corrected chi connectivity index (χ3v) is 3.97. The third kappa shape index (κ3) is 5.76. The molecular formula is C19H23N3O3. The molecule has 2 heterocycles. The van der Waals surface area contributed by atoms with Crippen LogP contribution in [-0.4, -0.2) is 30.3 Å². The number of pyridine rings is 1. The Hall–Kier alpha value is -2.60. The van der Waals surface area contributed by atoms with Crippen LogP contribution in [0.3, 0.4) is 0 Å². The molecule has 0 spiro atoms. The summed E-state index contributed by atoms with van der Waals surface area (Å²) in [6.07, 6.45) is 4.06. The molecular weight excluding hydrogens is 318 g/mol. The number of amides is 2. The largest absolute Gasteiger partial charge is 0.491 e. The van der Waals surface area contributed by atoms with Crippen molar-refractivity contribution in [1.82, 2.24) is 15.6 Å². The Morgan fingerprint density at radius 2 is 2.12 bits per heavy atom. The number of carbonyl (C=O) groups excluding carboxylic acids is 1. The van der Waals surface area contributed by atoms with Gasteiger partial charge in [-0.2, -0.15) is 0 Å². The Bertz CT molecular complexity index is 673. The summed E-state index contributed by atoms with van der Waals surface area (Å²) in [5.41, 5.74) is 1.81. The molecule has 2 amide bonds. The van der Waals surface area contributed by atoms with Gasteiger partial charge in [0.15, 0.2) is 0 Å². The lowest BCUT2D eigenvalue weighted by Crippen LogP contribution is -2.34. The van der Waals surface area contributed by atoms with Crippen molar-refractivity contribution in [3.63, 3.8) is 0 Å². The van der Waals surface area contributed by atoms with Crippen molar-refractivity contribution >= 4 is 6.03 Å². The van der Waals surface area contributed by atoms with Gasteiger partial charge < -0.3 is 20.1 Å². The highest BCUT2D eigenvalue weighted by molar-refractivity contribution is 5.73. The Balaban J connectivity index is 1.41. The molecule has 1 aliphatic rings. The zero-order chi connectivity index (χ0) is 17.3. The van der Waals surface area contributed by atoms with Crippen LogP contribution >= 0.6 is 0 Å². The first-order valence-corrected chi connectivity index (χ1v) is 8.54. The second kappa shape index (κ2) is 9.03. The SMILES string of the molecule is O=C(NCc1cccc(OCC2CCCO2)c1)NCc1ccccn1. The van der Waals surface area contributed by atoms with Gasteiger partial charge in [0, 0.05) is 19.3 Å². The second-order valence-corrected chi connectivity index (χ2v) is 5.95. The van der Waals surface area contributed by atoms with Gasteiger partial charge in [-0.1, -0.05) is 18.2 Å². The molecule has 1 aromatic heterocycles. The molecule has 1 aliphatic heterocycles. The van der Waals surface area contributed by atoms with Crippen molar-refractivity contribution < 1.29 is 14.3 Å². The number of nitrogens with zero attached hydrogens (tertiary/aromatic N) is 1. The van der Waals surface area contributed by atoms with E-state index in [0.717, 1.165) is 36.5 Å². The highest BCUT2D eigenvalue weighted by Crippen LogP contribution is 2.17. The van der Waals surface area contributed by atoms with E-state index in [1.54, 1.807) is 6.20 Å². The van der Waals surface area contributed by atoms with Gasteiger partial charge in [-0.05, 0) is 42.7 Å². The minimum Gasteiger partial charge on any atom is -0.491 e. The number of hydrogen-bond acceptors (Lipinski definition) is 4. The van der Waals surface area contributed by atoms with Gasteiger partial charge in [0.25, 0.3) is 0 Å². The van der Waals surface area contributed by atoms with Crippen LogP contribution < -0.4 is 15.4 Å². The maximum Gasteiger partial charge on any atom is 0.315 e. The number of nitrogens with one attached hydrogen (secondary N) is 2. The van der Waals surface area contributed by atoms with Crippen molar-refractivity contribution in [3.05, 3.63) is 59.9 Å². The predicted octanol–water partition coefficient (Wildman–Crippen LogP) is 2.64. The molecule has 2 aromatic rings. The van der Waals surface area contributed by atoms with Crippen molar-refractivity contribution in [2.75, 3.05) is 13.2 Å². The van der Waals surface area contributed by atoms with Crippen LogP contribution in [0, 0.1) is 0 Å². The monoisotopic (exact) mass is 341 g/mol. The number of hydrogen-bond donors (Lipinski definition) is 2. The first-order valence-electron chi connectivity index (χ1n) is 8.54. The third-order valence-electron chi connectivity index (χ3n) is 3.97. The highest BCUT2D eigenvalue weighted by atomic mass is 16.5. The fraction of sp³-hybridized carbons (Fsp3) is 0.368. The summed E-state index contributed by atoms with van der Waals surface area (Å²) in [4.78, 5) is 16.0. The fourth-order valence-corrected chi connectivity index (χ4v) is 2.63. The standard InChI is InChI=1S/C19H23N3O3/c23-19(22-13-16-6-1-2-9-20-16)21-12-15-5-3-7-17(11-15)25-14-18-8-4-10-24-18/h1-3,5-7,9,11,18H,4,8,10,12-14H2,(H2,21,22,23). The van der Waals surface area contributed by atoms with E-state index in [1.807, 2.05) is 42.5 Å². The van der Waals surface area contributed by atoms with Gasteiger partial charge in [-0.25, -0.2) is 4.79 Å². The fourth-order valence-electron chi connectivity index (χ4n) is 2.63. The van der Waals surface area contributed by atoms with E-state index in [1.165, 1.54) is 0 Å². The van der Waals surface area contributed by atoms with Crippen molar-refractivity contribution in [2.24, 2.45) is 0 Å². The number of carbonyl (C=O) groups is 1. The first kappa shape index (κ1) is 17.2. The van der Waals surface area contributed by atoms with Gasteiger partial charge in [-0.15, -0.1) is 0 Å². The molecule has 2 N–H and O–H groups in total.